The summed E-state index contributed by atoms with van der Waals surface area (Å²) in [6, 6.07) is 0. The molecule has 0 saturated heterocycles. The third-order valence-corrected chi connectivity index (χ3v) is 1.99. The Labute approximate surface area is 93.4 Å². The van der Waals surface area contributed by atoms with Crippen LogP contribution in [-0.2, 0) is 11.3 Å². The third kappa shape index (κ3) is 3.82. The number of carboxylic acids is 1. The van der Waals surface area contributed by atoms with E-state index in [1.165, 1.54) is 0 Å². The van der Waals surface area contributed by atoms with Crippen LogP contribution in [0.15, 0.2) is 16.2 Å². The number of hydrogen-bond acceptors (Lipinski definition) is 5. The number of nitrogens with one attached hydrogen (secondary N) is 1. The second-order valence-electron chi connectivity index (χ2n) is 3.25. The Kier molecular flexibility index (Phi) is 4.65. The SMILES string of the molecule is CCC(=CCNCc1nc(C)no1)C(=O)O. The lowest BCUT2D eigenvalue weighted by Gasteiger charge is -1.99. The average molecular weight is 225 g/mol. The van der Waals surface area contributed by atoms with E-state index in [9.17, 15) is 4.79 Å². The molecule has 2 N–H and O–H groups in total. The maximum Gasteiger partial charge on any atom is 0.331 e. The number of aromatic nitrogens is 2. The van der Waals surface area contributed by atoms with Gasteiger partial charge in [0.25, 0.3) is 0 Å². The van der Waals surface area contributed by atoms with Gasteiger partial charge in [0.05, 0.1) is 6.54 Å². The zero-order valence-corrected chi connectivity index (χ0v) is 9.36. The quantitative estimate of drug-likeness (QED) is 0.552. The van der Waals surface area contributed by atoms with Crippen LogP contribution in [0.3, 0.4) is 0 Å². The first-order valence-corrected chi connectivity index (χ1v) is 5.05. The van der Waals surface area contributed by atoms with Crippen LogP contribution in [-0.4, -0.2) is 27.8 Å². The van der Waals surface area contributed by atoms with E-state index in [0.29, 0.717) is 36.8 Å². The summed E-state index contributed by atoms with van der Waals surface area (Å²) in [5.74, 6) is 0.212. The zero-order chi connectivity index (χ0) is 12.0. The molecule has 0 aliphatic rings. The summed E-state index contributed by atoms with van der Waals surface area (Å²) in [5.41, 5.74) is 0.397. The minimum Gasteiger partial charge on any atom is -0.478 e. The molecule has 1 aromatic rings. The molecule has 88 valence electrons. The highest BCUT2D eigenvalue weighted by Gasteiger charge is 2.03. The number of hydrogen-bond donors (Lipinski definition) is 2. The summed E-state index contributed by atoms with van der Waals surface area (Å²) in [5, 5.41) is 15.4. The van der Waals surface area contributed by atoms with E-state index in [1.807, 2.05) is 0 Å². The highest BCUT2D eigenvalue weighted by molar-refractivity contribution is 5.86. The number of rotatable bonds is 6. The molecular weight excluding hydrogens is 210 g/mol. The van der Waals surface area contributed by atoms with Crippen molar-refractivity contribution in [2.24, 2.45) is 0 Å². The fourth-order valence-corrected chi connectivity index (χ4v) is 1.17. The molecule has 0 amide bonds. The molecule has 0 aliphatic carbocycles. The molecule has 16 heavy (non-hydrogen) atoms. The molecular formula is C10H15N3O3. The van der Waals surface area contributed by atoms with Crippen molar-refractivity contribution in [1.82, 2.24) is 15.5 Å². The highest BCUT2D eigenvalue weighted by Crippen LogP contribution is 1.99. The van der Waals surface area contributed by atoms with Crippen molar-refractivity contribution in [3.63, 3.8) is 0 Å². The molecule has 0 atom stereocenters. The lowest BCUT2D eigenvalue weighted by atomic mass is 10.2. The fourth-order valence-electron chi connectivity index (χ4n) is 1.17. The predicted octanol–water partition coefficient (Wildman–Crippen LogP) is 0.889. The lowest BCUT2D eigenvalue weighted by Crippen LogP contribution is -2.14. The van der Waals surface area contributed by atoms with E-state index >= 15 is 0 Å². The maximum absolute atomic E-state index is 10.7. The molecule has 1 rings (SSSR count). The van der Waals surface area contributed by atoms with Crippen molar-refractivity contribution >= 4 is 5.97 Å². The summed E-state index contributed by atoms with van der Waals surface area (Å²) in [7, 11) is 0. The molecule has 6 nitrogen and oxygen atoms in total. The van der Waals surface area contributed by atoms with Crippen LogP contribution in [0.5, 0.6) is 0 Å². The van der Waals surface area contributed by atoms with Crippen LogP contribution in [0.4, 0.5) is 0 Å². The van der Waals surface area contributed by atoms with E-state index in [-0.39, 0.29) is 0 Å². The molecule has 0 saturated carbocycles. The molecule has 1 aromatic heterocycles. The number of carboxylic acid groups (broad SMARTS) is 1. The van der Waals surface area contributed by atoms with Crippen LogP contribution in [0.2, 0.25) is 0 Å². The Hall–Kier alpha value is -1.69. The lowest BCUT2D eigenvalue weighted by molar-refractivity contribution is -0.132. The van der Waals surface area contributed by atoms with Gasteiger partial charge in [0.1, 0.15) is 0 Å². The maximum atomic E-state index is 10.7. The highest BCUT2D eigenvalue weighted by atomic mass is 16.5. The summed E-state index contributed by atoms with van der Waals surface area (Å²) >= 11 is 0. The largest absolute Gasteiger partial charge is 0.478 e. The molecule has 0 aliphatic heterocycles. The third-order valence-electron chi connectivity index (χ3n) is 1.99. The monoisotopic (exact) mass is 225 g/mol. The van der Waals surface area contributed by atoms with Crippen LogP contribution in [0.25, 0.3) is 0 Å². The second kappa shape index (κ2) is 6.02. The van der Waals surface area contributed by atoms with E-state index in [2.05, 4.69) is 15.5 Å². The van der Waals surface area contributed by atoms with Crippen LogP contribution in [0.1, 0.15) is 25.1 Å². The Morgan fingerprint density at radius 3 is 2.88 bits per heavy atom. The number of carbonyl (C=O) groups is 1. The Balaban J connectivity index is 2.33. The number of nitrogens with zero attached hydrogens (tertiary/aromatic N) is 2. The van der Waals surface area contributed by atoms with Crippen molar-refractivity contribution in [2.75, 3.05) is 6.54 Å². The van der Waals surface area contributed by atoms with Gasteiger partial charge in [0.15, 0.2) is 5.82 Å². The zero-order valence-electron chi connectivity index (χ0n) is 9.36. The number of aliphatic carboxylic acids is 1. The van der Waals surface area contributed by atoms with Gasteiger partial charge in [-0.25, -0.2) is 4.79 Å². The molecule has 0 bridgehead atoms. The van der Waals surface area contributed by atoms with Gasteiger partial charge in [0.2, 0.25) is 5.89 Å². The van der Waals surface area contributed by atoms with Gasteiger partial charge in [-0.1, -0.05) is 18.2 Å². The standard InChI is InChI=1S/C10H15N3O3/c1-3-8(10(14)15)4-5-11-6-9-12-7(2)13-16-9/h4,11H,3,5-6H2,1-2H3,(H,14,15). The first-order valence-electron chi connectivity index (χ1n) is 5.05. The molecule has 1 heterocycles. The normalized spacial score (nSPS) is 11.8. The Morgan fingerprint density at radius 1 is 1.62 bits per heavy atom. The van der Waals surface area contributed by atoms with Crippen LogP contribution >= 0.6 is 0 Å². The predicted molar refractivity (Wildman–Crippen MR) is 56.8 cm³/mol. The van der Waals surface area contributed by atoms with Crippen LogP contribution < -0.4 is 5.32 Å². The molecule has 0 unspecified atom stereocenters. The van der Waals surface area contributed by atoms with Gasteiger partial charge >= 0.3 is 5.97 Å². The summed E-state index contributed by atoms with van der Waals surface area (Å²) in [4.78, 5) is 14.7. The van der Waals surface area contributed by atoms with Crippen molar-refractivity contribution in [1.29, 1.82) is 0 Å². The topological polar surface area (TPSA) is 88.3 Å². The summed E-state index contributed by atoms with van der Waals surface area (Å²) < 4.78 is 4.88. The van der Waals surface area contributed by atoms with E-state index in [0.717, 1.165) is 0 Å². The molecule has 0 spiro atoms. The Bertz CT molecular complexity index is 384. The molecule has 0 fully saturated rings. The van der Waals surface area contributed by atoms with Crippen LogP contribution in [0, 0.1) is 6.92 Å². The average Bonchev–Trinajstić information content (AvgIpc) is 2.64. The Morgan fingerprint density at radius 2 is 2.38 bits per heavy atom. The fraction of sp³-hybridized carbons (Fsp3) is 0.500. The van der Waals surface area contributed by atoms with Gasteiger partial charge in [-0.2, -0.15) is 4.98 Å². The van der Waals surface area contributed by atoms with Gasteiger partial charge < -0.3 is 14.9 Å². The van der Waals surface area contributed by atoms with Crippen molar-refractivity contribution in [3.8, 4) is 0 Å². The molecule has 6 heteroatoms. The van der Waals surface area contributed by atoms with Gasteiger partial charge in [-0.3, -0.25) is 0 Å². The van der Waals surface area contributed by atoms with Crippen molar-refractivity contribution < 1.29 is 14.4 Å². The smallest absolute Gasteiger partial charge is 0.331 e. The first-order chi connectivity index (χ1) is 7.63. The minimum atomic E-state index is -0.877. The van der Waals surface area contributed by atoms with Gasteiger partial charge in [-0.15, -0.1) is 0 Å². The minimum absolute atomic E-state index is 0.397. The summed E-state index contributed by atoms with van der Waals surface area (Å²) in [6.07, 6.45) is 2.15. The van der Waals surface area contributed by atoms with Gasteiger partial charge in [0, 0.05) is 12.1 Å². The molecule has 0 radical (unpaired) electrons. The number of aryl methyl sites for hydroxylation is 1. The van der Waals surface area contributed by atoms with Gasteiger partial charge in [-0.05, 0) is 13.3 Å². The van der Waals surface area contributed by atoms with E-state index in [4.69, 9.17) is 9.63 Å². The van der Waals surface area contributed by atoms with E-state index < -0.39 is 5.97 Å². The first kappa shape index (κ1) is 12.4. The second-order valence-corrected chi connectivity index (χ2v) is 3.25. The summed E-state index contributed by atoms with van der Waals surface area (Å²) in [6.45, 7) is 4.46. The molecule has 0 aromatic carbocycles. The van der Waals surface area contributed by atoms with Crippen molar-refractivity contribution in [3.05, 3.63) is 23.4 Å². The van der Waals surface area contributed by atoms with Crippen molar-refractivity contribution in [2.45, 2.75) is 26.8 Å². The van der Waals surface area contributed by atoms with E-state index in [1.54, 1.807) is 19.9 Å².